The number of nitrogens with two attached hydrogens (primary N) is 1. The lowest BCUT2D eigenvalue weighted by atomic mass is 9.74. The fourth-order valence-corrected chi connectivity index (χ4v) is 5.94. The standard InChI is InChI=1S/C32H28Cl2FN3O2/c1-17-7-9-22(14-25(17)33)38-27-5-4-6-28(39)31(27)30(24(15-36)32(38)37)23-12-20(18(2)11-19(23)3)16-40-29-10-8-21(35)13-26(29)34/h7-14,30H,4-6,16,37H2,1-3H3. The van der Waals surface area contributed by atoms with E-state index in [1.165, 1.54) is 18.2 Å². The first-order chi connectivity index (χ1) is 19.1. The first kappa shape index (κ1) is 27.8. The van der Waals surface area contributed by atoms with Crippen LogP contribution in [0.2, 0.25) is 10.0 Å². The molecular weight excluding hydrogens is 548 g/mol. The summed E-state index contributed by atoms with van der Waals surface area (Å²) in [5.74, 6) is -0.398. The molecule has 0 amide bonds. The lowest BCUT2D eigenvalue weighted by Crippen LogP contribution is -2.39. The number of halogens is 3. The van der Waals surface area contributed by atoms with Gasteiger partial charge in [0.2, 0.25) is 0 Å². The Labute approximate surface area is 243 Å². The second-order valence-corrected chi connectivity index (χ2v) is 11.1. The number of nitriles is 1. The van der Waals surface area contributed by atoms with Crippen LogP contribution in [0.4, 0.5) is 10.1 Å². The van der Waals surface area contributed by atoms with Gasteiger partial charge in [-0.15, -0.1) is 0 Å². The summed E-state index contributed by atoms with van der Waals surface area (Å²) in [6.07, 6.45) is 1.74. The van der Waals surface area contributed by atoms with Crippen molar-refractivity contribution < 1.29 is 13.9 Å². The molecule has 5 rings (SSSR count). The molecule has 2 N–H and O–H groups in total. The summed E-state index contributed by atoms with van der Waals surface area (Å²) >= 11 is 12.6. The smallest absolute Gasteiger partial charge is 0.161 e. The zero-order chi connectivity index (χ0) is 28.7. The lowest BCUT2D eigenvalue weighted by Gasteiger charge is -2.40. The van der Waals surface area contributed by atoms with Gasteiger partial charge in [-0.1, -0.05) is 41.4 Å². The number of carbonyl (C=O) groups excluding carboxylic acids is 1. The minimum Gasteiger partial charge on any atom is -0.487 e. The van der Waals surface area contributed by atoms with E-state index in [-0.39, 0.29) is 23.2 Å². The van der Waals surface area contributed by atoms with Gasteiger partial charge in [-0.2, -0.15) is 5.26 Å². The monoisotopic (exact) mass is 575 g/mol. The second-order valence-electron chi connectivity index (χ2n) is 10.2. The van der Waals surface area contributed by atoms with Gasteiger partial charge in [-0.05, 0) is 91.8 Å². The fourth-order valence-electron chi connectivity index (χ4n) is 5.54. The molecule has 2 aliphatic rings. The van der Waals surface area contributed by atoms with E-state index < -0.39 is 11.7 Å². The largest absolute Gasteiger partial charge is 0.487 e. The van der Waals surface area contributed by atoms with Crippen LogP contribution in [0.3, 0.4) is 0 Å². The highest BCUT2D eigenvalue weighted by Gasteiger charge is 2.41. The molecule has 3 aromatic carbocycles. The SMILES string of the molecule is Cc1ccc(N2C(N)=C(C#N)C(c3cc(COc4ccc(F)cc4Cl)c(C)cc3C)C3=C2CCCC3=O)cc1Cl. The third kappa shape index (κ3) is 4.96. The van der Waals surface area contributed by atoms with Crippen molar-refractivity contribution in [1.82, 2.24) is 0 Å². The average molecular weight is 576 g/mol. The minimum atomic E-state index is -0.612. The van der Waals surface area contributed by atoms with Crippen LogP contribution in [0.5, 0.6) is 5.75 Å². The molecule has 0 radical (unpaired) electrons. The van der Waals surface area contributed by atoms with Crippen LogP contribution in [0.25, 0.3) is 0 Å². The molecule has 0 saturated carbocycles. The van der Waals surface area contributed by atoms with Crippen molar-refractivity contribution >= 4 is 34.7 Å². The molecule has 3 aromatic rings. The van der Waals surface area contributed by atoms with Gasteiger partial charge in [0.05, 0.1) is 22.6 Å². The van der Waals surface area contributed by atoms with Crippen molar-refractivity contribution in [2.45, 2.75) is 52.6 Å². The van der Waals surface area contributed by atoms with E-state index in [1.807, 2.05) is 56.0 Å². The predicted octanol–water partition coefficient (Wildman–Crippen LogP) is 7.94. The summed E-state index contributed by atoms with van der Waals surface area (Å²) in [5, 5.41) is 11.2. The molecule has 1 atom stereocenters. The average Bonchev–Trinajstić information content (AvgIpc) is 2.90. The highest BCUT2D eigenvalue weighted by Crippen LogP contribution is 2.47. The van der Waals surface area contributed by atoms with Gasteiger partial charge in [-0.3, -0.25) is 9.69 Å². The first-order valence-corrected chi connectivity index (χ1v) is 13.8. The number of ketones is 1. The van der Waals surface area contributed by atoms with Crippen LogP contribution in [0, 0.1) is 37.9 Å². The summed E-state index contributed by atoms with van der Waals surface area (Å²) in [4.78, 5) is 15.4. The molecule has 8 heteroatoms. The van der Waals surface area contributed by atoms with Crippen LogP contribution < -0.4 is 15.4 Å². The Balaban J connectivity index is 1.62. The number of hydrogen-bond acceptors (Lipinski definition) is 5. The molecule has 0 fully saturated rings. The van der Waals surface area contributed by atoms with Gasteiger partial charge < -0.3 is 10.5 Å². The fraction of sp³-hybridized carbons (Fsp3) is 0.250. The topological polar surface area (TPSA) is 79.3 Å². The Bertz CT molecular complexity index is 1650. The van der Waals surface area contributed by atoms with E-state index in [0.717, 1.165) is 33.5 Å². The van der Waals surface area contributed by atoms with Gasteiger partial charge in [0, 0.05) is 28.4 Å². The summed E-state index contributed by atoms with van der Waals surface area (Å²) in [5.41, 5.74) is 13.7. The molecule has 1 aliphatic heterocycles. The predicted molar refractivity (Wildman–Crippen MR) is 156 cm³/mol. The molecular formula is C32H28Cl2FN3O2. The summed E-state index contributed by atoms with van der Waals surface area (Å²) in [7, 11) is 0. The quantitative estimate of drug-likeness (QED) is 0.334. The van der Waals surface area contributed by atoms with Crippen LogP contribution in [-0.4, -0.2) is 5.78 Å². The van der Waals surface area contributed by atoms with Crippen LogP contribution in [-0.2, 0) is 11.4 Å². The highest BCUT2D eigenvalue weighted by molar-refractivity contribution is 6.32. The normalized spacial score (nSPS) is 17.2. The molecule has 1 heterocycles. The lowest BCUT2D eigenvalue weighted by molar-refractivity contribution is -0.116. The number of allylic oxidation sites excluding steroid dienone is 3. The van der Waals surface area contributed by atoms with Crippen LogP contribution >= 0.6 is 23.2 Å². The molecule has 1 aliphatic carbocycles. The summed E-state index contributed by atoms with van der Waals surface area (Å²) < 4.78 is 19.4. The Morgan fingerprint density at radius 2 is 1.80 bits per heavy atom. The number of rotatable bonds is 5. The third-order valence-electron chi connectivity index (χ3n) is 7.64. The first-order valence-electron chi connectivity index (χ1n) is 13.0. The number of aryl methyl sites for hydroxylation is 3. The van der Waals surface area contributed by atoms with Crippen LogP contribution in [0.15, 0.2) is 71.2 Å². The van der Waals surface area contributed by atoms with E-state index in [1.54, 1.807) is 0 Å². The maximum absolute atomic E-state index is 13.6. The Morgan fingerprint density at radius 1 is 1.02 bits per heavy atom. The Hall–Kier alpha value is -3.79. The number of carbonyl (C=O) groups is 1. The van der Waals surface area contributed by atoms with Crippen molar-refractivity contribution in [2.75, 3.05) is 4.90 Å². The molecule has 0 bridgehead atoms. The van der Waals surface area contributed by atoms with Gasteiger partial charge in [-0.25, -0.2) is 4.39 Å². The Morgan fingerprint density at radius 3 is 2.50 bits per heavy atom. The maximum Gasteiger partial charge on any atom is 0.161 e. The highest BCUT2D eigenvalue weighted by atomic mass is 35.5. The maximum atomic E-state index is 13.6. The van der Waals surface area contributed by atoms with Crippen molar-refractivity contribution in [3.63, 3.8) is 0 Å². The van der Waals surface area contributed by atoms with Gasteiger partial charge >= 0.3 is 0 Å². The molecule has 0 spiro atoms. The number of nitrogens with zero attached hydrogens (tertiary/aromatic N) is 2. The molecule has 1 unspecified atom stereocenters. The zero-order valence-corrected chi connectivity index (χ0v) is 24.0. The van der Waals surface area contributed by atoms with Crippen molar-refractivity contribution in [2.24, 2.45) is 5.73 Å². The number of Topliss-reactive ketones (excluding diaryl/α,β-unsaturated/α-hetero) is 1. The number of ether oxygens (including phenoxy) is 1. The molecule has 0 saturated heterocycles. The van der Waals surface area contributed by atoms with Gasteiger partial charge in [0.25, 0.3) is 0 Å². The van der Waals surface area contributed by atoms with E-state index in [0.29, 0.717) is 46.9 Å². The summed E-state index contributed by atoms with van der Waals surface area (Å²) in [6.45, 7) is 6.02. The van der Waals surface area contributed by atoms with E-state index in [2.05, 4.69) is 6.07 Å². The van der Waals surface area contributed by atoms with Gasteiger partial charge in [0.15, 0.2) is 5.78 Å². The third-order valence-corrected chi connectivity index (χ3v) is 8.34. The molecule has 40 heavy (non-hydrogen) atoms. The van der Waals surface area contributed by atoms with E-state index >= 15 is 0 Å². The van der Waals surface area contributed by atoms with Crippen LogP contribution in [0.1, 0.15) is 53.0 Å². The number of anilines is 1. The molecule has 5 nitrogen and oxygen atoms in total. The Kier molecular flexibility index (Phi) is 7.63. The van der Waals surface area contributed by atoms with Gasteiger partial charge in [0.1, 0.15) is 24.0 Å². The van der Waals surface area contributed by atoms with E-state index in [9.17, 15) is 14.4 Å². The second kappa shape index (κ2) is 11.0. The van der Waals surface area contributed by atoms with Crippen molar-refractivity contribution in [3.8, 4) is 11.8 Å². The number of benzene rings is 3. The van der Waals surface area contributed by atoms with Crippen molar-refractivity contribution in [3.05, 3.63) is 115 Å². The minimum absolute atomic E-state index is 0.00516. The van der Waals surface area contributed by atoms with Crippen molar-refractivity contribution in [1.29, 1.82) is 5.26 Å². The number of hydrogen-bond donors (Lipinski definition) is 1. The summed E-state index contributed by atoms with van der Waals surface area (Å²) in [6, 6.07) is 15.9. The molecule has 0 aromatic heterocycles. The van der Waals surface area contributed by atoms with E-state index in [4.69, 9.17) is 33.7 Å². The molecule has 204 valence electrons. The zero-order valence-electron chi connectivity index (χ0n) is 22.4.